The van der Waals surface area contributed by atoms with Crippen molar-refractivity contribution in [2.24, 2.45) is 0 Å². The van der Waals surface area contributed by atoms with Gasteiger partial charge in [0, 0.05) is 43.0 Å². The zero-order valence-corrected chi connectivity index (χ0v) is 16.9. The van der Waals surface area contributed by atoms with Crippen LogP contribution in [0.4, 0.5) is 14.9 Å². The van der Waals surface area contributed by atoms with Crippen molar-refractivity contribution < 1.29 is 18.7 Å². The molecule has 1 aromatic carbocycles. The fourth-order valence-electron chi connectivity index (χ4n) is 3.71. The van der Waals surface area contributed by atoms with Gasteiger partial charge in [0.05, 0.1) is 12.2 Å². The molecule has 1 aliphatic heterocycles. The molecule has 0 bridgehead atoms. The van der Waals surface area contributed by atoms with E-state index in [0.717, 1.165) is 0 Å². The van der Waals surface area contributed by atoms with Crippen LogP contribution in [0.5, 0.6) is 0 Å². The molecule has 1 fully saturated rings. The molecule has 8 nitrogen and oxygen atoms in total. The molecule has 4 heterocycles. The summed E-state index contributed by atoms with van der Waals surface area (Å²) in [6, 6.07) is 9.87. The molecule has 1 amide bonds. The van der Waals surface area contributed by atoms with Gasteiger partial charge in [0.2, 0.25) is 0 Å². The highest BCUT2D eigenvalue weighted by Gasteiger charge is 2.33. The number of fused-ring (bicyclic) bond motifs is 1. The number of hydrogen-bond donors (Lipinski definition) is 0. The molecule has 0 unspecified atom stereocenters. The van der Waals surface area contributed by atoms with E-state index in [4.69, 9.17) is 4.74 Å². The number of imidazole rings is 1. The standard InChI is InChI=1S/C23H18FN5O3/c24-19-13-16(2-4-18(19)15-6-10-28-11-9-25-21(28)12-15)29-14-17(32-23(29)31)3-5-20(30)22-26-7-1-8-27-22/h1-2,4,6-13,17H,3,5,14H2/t17-/m0/s1. The minimum atomic E-state index is -0.565. The molecule has 0 aliphatic carbocycles. The van der Waals surface area contributed by atoms with Crippen LogP contribution >= 0.6 is 0 Å². The molecule has 3 aromatic heterocycles. The molecule has 0 radical (unpaired) electrons. The van der Waals surface area contributed by atoms with Gasteiger partial charge in [-0.15, -0.1) is 0 Å². The largest absolute Gasteiger partial charge is 0.444 e. The van der Waals surface area contributed by atoms with E-state index in [1.165, 1.54) is 23.4 Å². The fraction of sp³-hybridized carbons (Fsp3) is 0.174. The van der Waals surface area contributed by atoms with Crippen molar-refractivity contribution >= 4 is 23.2 Å². The van der Waals surface area contributed by atoms with Gasteiger partial charge in [0.15, 0.2) is 11.6 Å². The number of Topliss-reactive ketones (excluding diaryl/α,β-unsaturated/α-hetero) is 1. The molecule has 1 saturated heterocycles. The van der Waals surface area contributed by atoms with E-state index in [2.05, 4.69) is 15.0 Å². The Morgan fingerprint density at radius 3 is 2.75 bits per heavy atom. The van der Waals surface area contributed by atoms with Crippen molar-refractivity contribution in [1.82, 2.24) is 19.4 Å². The maximum atomic E-state index is 14.9. The third-order valence-corrected chi connectivity index (χ3v) is 5.36. The number of cyclic esters (lactones) is 1. The number of nitrogens with zero attached hydrogens (tertiary/aromatic N) is 5. The summed E-state index contributed by atoms with van der Waals surface area (Å²) in [6.45, 7) is 0.237. The first-order chi connectivity index (χ1) is 15.6. The lowest BCUT2D eigenvalue weighted by Crippen LogP contribution is -2.24. The van der Waals surface area contributed by atoms with Crippen LogP contribution in [0.1, 0.15) is 23.5 Å². The Kier molecular flexibility index (Phi) is 5.06. The topological polar surface area (TPSA) is 89.7 Å². The van der Waals surface area contributed by atoms with E-state index in [0.29, 0.717) is 28.9 Å². The quantitative estimate of drug-likeness (QED) is 0.430. The molecule has 160 valence electrons. The number of aromatic nitrogens is 4. The molecule has 4 aromatic rings. The lowest BCUT2D eigenvalue weighted by atomic mass is 10.1. The number of halogens is 1. The Bertz CT molecular complexity index is 1310. The number of hydrogen-bond acceptors (Lipinski definition) is 6. The summed E-state index contributed by atoms with van der Waals surface area (Å²) in [7, 11) is 0. The minimum Gasteiger partial charge on any atom is -0.444 e. The van der Waals surface area contributed by atoms with Gasteiger partial charge >= 0.3 is 6.09 Å². The average molecular weight is 431 g/mol. The number of carbonyl (C=O) groups excluding carboxylic acids is 2. The normalized spacial score (nSPS) is 15.8. The molecular formula is C23H18FN5O3. The SMILES string of the molecule is O=C(CC[C@H]1CN(c2ccc(-c3ccn4ccnc4c3)c(F)c2)C(=O)O1)c1ncccn1. The summed E-state index contributed by atoms with van der Waals surface area (Å²) < 4.78 is 22.1. The van der Waals surface area contributed by atoms with Gasteiger partial charge in [-0.05, 0) is 48.4 Å². The lowest BCUT2D eigenvalue weighted by molar-refractivity contribution is 0.0930. The number of pyridine rings is 1. The van der Waals surface area contributed by atoms with Crippen molar-refractivity contribution in [3.8, 4) is 11.1 Å². The molecule has 0 spiro atoms. The first-order valence-electron chi connectivity index (χ1n) is 10.1. The fourth-order valence-corrected chi connectivity index (χ4v) is 3.71. The molecule has 0 saturated carbocycles. The summed E-state index contributed by atoms with van der Waals surface area (Å²) >= 11 is 0. The summed E-state index contributed by atoms with van der Waals surface area (Å²) in [5.41, 5.74) is 2.22. The van der Waals surface area contributed by atoms with Crippen molar-refractivity contribution in [2.45, 2.75) is 18.9 Å². The van der Waals surface area contributed by atoms with Crippen LogP contribution in [0.2, 0.25) is 0 Å². The van der Waals surface area contributed by atoms with E-state index >= 15 is 0 Å². The van der Waals surface area contributed by atoms with Crippen molar-refractivity contribution in [1.29, 1.82) is 0 Å². The predicted octanol–water partition coefficient (Wildman–Crippen LogP) is 3.92. The summed E-state index contributed by atoms with van der Waals surface area (Å²) in [5, 5.41) is 0. The van der Waals surface area contributed by atoms with Crippen molar-refractivity contribution in [3.05, 3.63) is 79.0 Å². The number of ether oxygens (including phenoxy) is 1. The van der Waals surface area contributed by atoms with E-state index in [9.17, 15) is 14.0 Å². The molecule has 0 N–H and O–H groups in total. The smallest absolute Gasteiger partial charge is 0.414 e. The van der Waals surface area contributed by atoms with Gasteiger partial charge in [0.25, 0.3) is 0 Å². The second-order valence-electron chi connectivity index (χ2n) is 7.42. The average Bonchev–Trinajstić information content (AvgIpc) is 3.43. The summed E-state index contributed by atoms with van der Waals surface area (Å²) in [6.07, 6.45) is 7.76. The zero-order valence-electron chi connectivity index (χ0n) is 16.9. The predicted molar refractivity (Wildman–Crippen MR) is 114 cm³/mol. The molecular weight excluding hydrogens is 413 g/mol. The van der Waals surface area contributed by atoms with E-state index in [1.54, 1.807) is 36.5 Å². The maximum absolute atomic E-state index is 14.9. The van der Waals surface area contributed by atoms with E-state index < -0.39 is 18.0 Å². The molecule has 9 heteroatoms. The van der Waals surface area contributed by atoms with Crippen molar-refractivity contribution in [3.63, 3.8) is 0 Å². The van der Waals surface area contributed by atoms with Gasteiger partial charge in [-0.2, -0.15) is 0 Å². The number of carbonyl (C=O) groups is 2. The van der Waals surface area contributed by atoms with Crippen LogP contribution in [0.3, 0.4) is 0 Å². The Balaban J connectivity index is 1.28. The third kappa shape index (κ3) is 3.80. The van der Waals surface area contributed by atoms with E-state index in [1.807, 2.05) is 16.8 Å². The highest BCUT2D eigenvalue weighted by molar-refractivity contribution is 5.93. The molecule has 32 heavy (non-hydrogen) atoms. The second-order valence-corrected chi connectivity index (χ2v) is 7.42. The number of ketones is 1. The number of benzene rings is 1. The summed E-state index contributed by atoms with van der Waals surface area (Å²) in [4.78, 5) is 38.0. The van der Waals surface area contributed by atoms with Crippen LogP contribution in [-0.4, -0.2) is 43.9 Å². The van der Waals surface area contributed by atoms with Gasteiger partial charge in [-0.3, -0.25) is 9.69 Å². The maximum Gasteiger partial charge on any atom is 0.414 e. The third-order valence-electron chi connectivity index (χ3n) is 5.36. The van der Waals surface area contributed by atoms with Crippen LogP contribution in [0.15, 0.2) is 67.4 Å². The van der Waals surface area contributed by atoms with Crippen LogP contribution < -0.4 is 4.90 Å². The molecule has 1 atom stereocenters. The monoisotopic (exact) mass is 431 g/mol. The zero-order chi connectivity index (χ0) is 22.1. The van der Waals surface area contributed by atoms with Crippen LogP contribution in [0.25, 0.3) is 16.8 Å². The minimum absolute atomic E-state index is 0.139. The van der Waals surface area contributed by atoms with Gasteiger partial charge in [-0.1, -0.05) is 0 Å². The van der Waals surface area contributed by atoms with Gasteiger partial charge in [0.1, 0.15) is 17.6 Å². The number of rotatable bonds is 6. The first kappa shape index (κ1) is 19.8. The Morgan fingerprint density at radius 1 is 1.09 bits per heavy atom. The van der Waals surface area contributed by atoms with Gasteiger partial charge < -0.3 is 9.14 Å². The highest BCUT2D eigenvalue weighted by atomic mass is 19.1. The number of anilines is 1. The van der Waals surface area contributed by atoms with Crippen molar-refractivity contribution in [2.75, 3.05) is 11.4 Å². The molecule has 5 rings (SSSR count). The first-order valence-corrected chi connectivity index (χ1v) is 10.1. The van der Waals surface area contributed by atoms with Gasteiger partial charge in [-0.25, -0.2) is 24.1 Å². The number of amides is 1. The van der Waals surface area contributed by atoms with E-state index in [-0.39, 0.29) is 24.6 Å². The Hall–Kier alpha value is -4.14. The highest BCUT2D eigenvalue weighted by Crippen LogP contribution is 2.30. The lowest BCUT2D eigenvalue weighted by Gasteiger charge is -2.14. The Labute approximate surface area is 182 Å². The summed E-state index contributed by atoms with van der Waals surface area (Å²) in [5.74, 6) is -0.532. The Morgan fingerprint density at radius 2 is 1.94 bits per heavy atom. The molecule has 1 aliphatic rings. The van der Waals surface area contributed by atoms with Crippen LogP contribution in [-0.2, 0) is 4.74 Å². The van der Waals surface area contributed by atoms with Crippen LogP contribution in [0, 0.1) is 5.82 Å². The second kappa shape index (κ2) is 8.18.